The second-order valence-corrected chi connectivity index (χ2v) is 3.55. The third-order valence-electron chi connectivity index (χ3n) is 2.47. The first-order valence-corrected chi connectivity index (χ1v) is 5.10. The van der Waals surface area contributed by atoms with Crippen LogP contribution in [0.1, 0.15) is 51.9 Å². The van der Waals surface area contributed by atoms with Crippen molar-refractivity contribution in [3.8, 4) is 0 Å². The molecule has 1 saturated carbocycles. The highest BCUT2D eigenvalue weighted by Gasteiger charge is 2.14. The van der Waals surface area contributed by atoms with Crippen LogP contribution < -0.4 is 5.32 Å². The topological polar surface area (TPSA) is 14.1 Å². The smallest absolute Gasteiger partial charge is 0.0246 e. The molecule has 0 aromatic rings. The maximum absolute atomic E-state index is 4.66. The first-order valence-electron chi connectivity index (χ1n) is 5.10. The van der Waals surface area contributed by atoms with Gasteiger partial charge in [-0.1, -0.05) is 32.6 Å². The summed E-state index contributed by atoms with van der Waals surface area (Å²) in [5.41, 5.74) is 0. The zero-order valence-corrected chi connectivity index (χ0v) is 7.68. The lowest BCUT2D eigenvalue weighted by molar-refractivity contribution is 0.496. The highest BCUT2D eigenvalue weighted by Crippen LogP contribution is 2.18. The fourth-order valence-corrected chi connectivity index (χ4v) is 1.72. The molecule has 1 fully saturated rings. The van der Waals surface area contributed by atoms with E-state index in [4.69, 9.17) is 0 Å². The zero-order chi connectivity index (χ0) is 7.94. The van der Waals surface area contributed by atoms with Crippen LogP contribution in [-0.2, 0) is 0 Å². The van der Waals surface area contributed by atoms with Gasteiger partial charge in [-0.3, -0.25) is 0 Å². The molecule has 1 heteroatoms. The summed E-state index contributed by atoms with van der Waals surface area (Å²) in [6, 6.07) is 0.742. The lowest BCUT2D eigenvalue weighted by Gasteiger charge is -2.07. The van der Waals surface area contributed by atoms with Gasteiger partial charge in [0.2, 0.25) is 0 Å². The maximum atomic E-state index is 4.66. The second-order valence-electron chi connectivity index (χ2n) is 3.55. The third-order valence-corrected chi connectivity index (χ3v) is 2.47. The molecule has 0 aromatic carbocycles. The molecule has 65 valence electrons. The van der Waals surface area contributed by atoms with Gasteiger partial charge in [0.15, 0.2) is 0 Å². The highest BCUT2D eigenvalue weighted by atomic mass is 14.9. The molecule has 0 unspecified atom stereocenters. The van der Waals surface area contributed by atoms with Gasteiger partial charge in [-0.05, 0) is 19.3 Å². The molecule has 0 heterocycles. The van der Waals surface area contributed by atoms with E-state index >= 15 is 0 Å². The average Bonchev–Trinajstić information content (AvgIpc) is 2.50. The van der Waals surface area contributed by atoms with Crippen LogP contribution in [0.15, 0.2) is 0 Å². The summed E-state index contributed by atoms with van der Waals surface area (Å²) < 4.78 is 0. The van der Waals surface area contributed by atoms with E-state index < -0.39 is 0 Å². The number of unbranched alkanes of at least 4 members (excludes halogenated alkanes) is 2. The van der Waals surface area contributed by atoms with Gasteiger partial charge in [-0.2, -0.15) is 0 Å². The number of nitrogens with zero attached hydrogens (tertiary/aromatic N) is 1. The largest absolute Gasteiger partial charge is 0.238 e. The van der Waals surface area contributed by atoms with Crippen molar-refractivity contribution in [3.05, 3.63) is 0 Å². The molecule has 1 aliphatic carbocycles. The van der Waals surface area contributed by atoms with Gasteiger partial charge >= 0.3 is 0 Å². The lowest BCUT2D eigenvalue weighted by Crippen LogP contribution is -2.19. The predicted molar refractivity (Wildman–Crippen MR) is 48.8 cm³/mol. The van der Waals surface area contributed by atoms with Crippen LogP contribution in [-0.4, -0.2) is 12.6 Å². The van der Waals surface area contributed by atoms with Gasteiger partial charge in [0.05, 0.1) is 0 Å². The van der Waals surface area contributed by atoms with E-state index in [1.807, 2.05) is 0 Å². The Morgan fingerprint density at radius 2 is 1.91 bits per heavy atom. The van der Waals surface area contributed by atoms with Crippen molar-refractivity contribution in [2.24, 2.45) is 0 Å². The summed E-state index contributed by atoms with van der Waals surface area (Å²) >= 11 is 0. The van der Waals surface area contributed by atoms with Crippen molar-refractivity contribution >= 4 is 0 Å². The SMILES string of the molecule is CCCCC[N]C1CCCC1. The predicted octanol–water partition coefficient (Wildman–Crippen LogP) is 2.72. The normalized spacial score (nSPS) is 19.4. The quantitative estimate of drug-likeness (QED) is 0.541. The Hall–Kier alpha value is -0.0400. The van der Waals surface area contributed by atoms with Crippen molar-refractivity contribution in [2.45, 2.75) is 57.9 Å². The second kappa shape index (κ2) is 5.59. The number of hydrogen-bond donors (Lipinski definition) is 0. The first-order chi connectivity index (χ1) is 5.43. The monoisotopic (exact) mass is 154 g/mol. The molecule has 0 spiro atoms. The Kier molecular flexibility index (Phi) is 4.60. The van der Waals surface area contributed by atoms with Crippen LogP contribution in [0.4, 0.5) is 0 Å². The zero-order valence-electron chi connectivity index (χ0n) is 7.68. The summed E-state index contributed by atoms with van der Waals surface area (Å²) in [5, 5.41) is 4.66. The van der Waals surface area contributed by atoms with Crippen LogP contribution in [0.2, 0.25) is 0 Å². The van der Waals surface area contributed by atoms with E-state index in [9.17, 15) is 0 Å². The van der Waals surface area contributed by atoms with Crippen molar-refractivity contribution in [3.63, 3.8) is 0 Å². The maximum Gasteiger partial charge on any atom is 0.0246 e. The van der Waals surface area contributed by atoms with E-state index in [-0.39, 0.29) is 0 Å². The van der Waals surface area contributed by atoms with Crippen LogP contribution in [0.5, 0.6) is 0 Å². The van der Waals surface area contributed by atoms with Crippen LogP contribution >= 0.6 is 0 Å². The molecule has 0 saturated heterocycles. The summed E-state index contributed by atoms with van der Waals surface area (Å²) in [6.07, 6.45) is 9.56. The van der Waals surface area contributed by atoms with Gasteiger partial charge in [-0.15, -0.1) is 0 Å². The summed E-state index contributed by atoms with van der Waals surface area (Å²) in [5.74, 6) is 0. The fraction of sp³-hybridized carbons (Fsp3) is 1.00. The minimum absolute atomic E-state index is 0.742. The van der Waals surface area contributed by atoms with E-state index in [2.05, 4.69) is 12.2 Å². The lowest BCUT2D eigenvalue weighted by atomic mass is 10.2. The van der Waals surface area contributed by atoms with Crippen molar-refractivity contribution in [1.29, 1.82) is 0 Å². The van der Waals surface area contributed by atoms with Crippen molar-refractivity contribution < 1.29 is 0 Å². The Morgan fingerprint density at radius 3 is 2.55 bits per heavy atom. The molecule has 0 aromatic heterocycles. The highest BCUT2D eigenvalue weighted by molar-refractivity contribution is 4.72. The Bertz CT molecular complexity index is 84.9. The molecular weight excluding hydrogens is 134 g/mol. The summed E-state index contributed by atoms with van der Waals surface area (Å²) in [6.45, 7) is 3.37. The van der Waals surface area contributed by atoms with Gasteiger partial charge < -0.3 is 0 Å². The van der Waals surface area contributed by atoms with E-state index in [0.29, 0.717) is 0 Å². The molecule has 0 N–H and O–H groups in total. The van der Waals surface area contributed by atoms with Gasteiger partial charge in [0, 0.05) is 12.6 Å². The van der Waals surface area contributed by atoms with Crippen LogP contribution in [0.3, 0.4) is 0 Å². The standard InChI is InChI=1S/C10H20N/c1-2-3-6-9-11-10-7-4-5-8-10/h10H,2-9H2,1H3. The molecule has 11 heavy (non-hydrogen) atoms. The van der Waals surface area contributed by atoms with Crippen molar-refractivity contribution in [2.75, 3.05) is 6.54 Å². The Morgan fingerprint density at radius 1 is 1.18 bits per heavy atom. The number of rotatable bonds is 5. The van der Waals surface area contributed by atoms with E-state index in [0.717, 1.165) is 12.6 Å². The molecular formula is C10H20N. The first kappa shape index (κ1) is 9.05. The van der Waals surface area contributed by atoms with E-state index in [1.54, 1.807) is 0 Å². The molecule has 1 rings (SSSR count). The van der Waals surface area contributed by atoms with Gasteiger partial charge in [0.1, 0.15) is 0 Å². The average molecular weight is 154 g/mol. The molecule has 0 bridgehead atoms. The fourth-order valence-electron chi connectivity index (χ4n) is 1.72. The van der Waals surface area contributed by atoms with Crippen molar-refractivity contribution in [1.82, 2.24) is 5.32 Å². The van der Waals surface area contributed by atoms with Gasteiger partial charge in [-0.25, -0.2) is 5.32 Å². The minimum Gasteiger partial charge on any atom is -0.238 e. The Labute approximate surface area is 70.6 Å². The van der Waals surface area contributed by atoms with Gasteiger partial charge in [0.25, 0.3) is 0 Å². The molecule has 1 nitrogen and oxygen atoms in total. The Balaban J connectivity index is 1.86. The van der Waals surface area contributed by atoms with E-state index in [1.165, 1.54) is 44.9 Å². The summed E-state index contributed by atoms with van der Waals surface area (Å²) in [4.78, 5) is 0. The molecule has 0 amide bonds. The molecule has 0 atom stereocenters. The molecule has 0 aliphatic heterocycles. The molecule has 1 radical (unpaired) electrons. The molecule has 1 aliphatic rings. The number of hydrogen-bond acceptors (Lipinski definition) is 0. The summed E-state index contributed by atoms with van der Waals surface area (Å²) in [7, 11) is 0. The third kappa shape index (κ3) is 3.76. The minimum atomic E-state index is 0.742. The van der Waals surface area contributed by atoms with Crippen LogP contribution in [0, 0.1) is 0 Å². The van der Waals surface area contributed by atoms with Crippen LogP contribution in [0.25, 0.3) is 0 Å².